The molecule has 0 aromatic rings. The molecule has 25 N–H and O–H groups in total. The molecule has 0 atom stereocenters. The Bertz CT molecular complexity index is 57.2. The van der Waals surface area contributed by atoms with Gasteiger partial charge in [0.15, 0.2) is 0 Å². The smallest absolute Gasteiger partial charge is 0.790 e. The molecule has 0 fully saturated rings. The quantitative estimate of drug-likeness (QED) is 0.332. The average molecular weight is 335 g/mol. The van der Waals surface area contributed by atoms with Gasteiger partial charge in [-0.25, -0.2) is 0 Å². The third kappa shape index (κ3) is 10200. The molecular weight excluding hydrogens is 310 g/mol. The van der Waals surface area contributed by atoms with E-state index in [1.165, 1.54) is 0 Å². The zero-order valence-electron chi connectivity index (χ0n) is 9.12. The Morgan fingerprint density at radius 2 is 0.556 bits per heavy atom. The predicted molar refractivity (Wildman–Crippen MR) is 53.2 cm³/mol. The zero-order valence-corrected chi connectivity index (χ0v) is 12.0. The molecule has 0 spiro atoms. The summed E-state index contributed by atoms with van der Waals surface area (Å²) in [7, 11) is -5.14. The van der Waals surface area contributed by atoms with Crippen molar-refractivity contribution in [1.82, 2.24) is 0 Å². The minimum absolute atomic E-state index is 0. The molecule has 0 heterocycles. The van der Waals surface area contributed by atoms with Crippen molar-refractivity contribution in [2.24, 2.45) is 0 Å². The number of rotatable bonds is 0. The van der Waals surface area contributed by atoms with Crippen molar-refractivity contribution in [3.05, 3.63) is 0 Å². The fourth-order valence-corrected chi connectivity index (χ4v) is 0. The third-order valence-electron chi connectivity index (χ3n) is 0. The van der Waals surface area contributed by atoms with Crippen molar-refractivity contribution in [1.29, 1.82) is 0 Å². The van der Waals surface area contributed by atoms with Crippen molar-refractivity contribution in [3.63, 3.8) is 0 Å². The summed E-state index contributed by atoms with van der Waals surface area (Å²) >= 11 is 0. The summed E-state index contributed by atoms with van der Waals surface area (Å²) in [6.07, 6.45) is 0. The first-order valence-electron chi connectivity index (χ1n) is 0.748. The van der Waals surface area contributed by atoms with Gasteiger partial charge in [-0.2, -0.15) is 0 Å². The van der Waals surface area contributed by atoms with Crippen molar-refractivity contribution >= 4 is 7.82 Å². The normalized spacial score (nSPS) is 3.28. The molecular formula is H25NaO16P-. The van der Waals surface area contributed by atoms with E-state index < -0.39 is 7.82 Å². The molecule has 16 nitrogen and oxygen atoms in total. The Labute approximate surface area is 122 Å². The van der Waals surface area contributed by atoms with E-state index in [9.17, 15) is 0 Å². The monoisotopic (exact) mass is 335 g/mol. The molecule has 0 unspecified atom stereocenters. The number of hydrogen-bond acceptors (Lipinski definition) is 3. The summed E-state index contributed by atoms with van der Waals surface area (Å²) in [6.45, 7) is 0. The second kappa shape index (κ2) is 111. The van der Waals surface area contributed by atoms with E-state index in [2.05, 4.69) is 0 Å². The van der Waals surface area contributed by atoms with Crippen LogP contribution < -0.4 is 39.3 Å². The maximum Gasteiger partial charge on any atom is 1.00 e. The van der Waals surface area contributed by atoms with Gasteiger partial charge in [-0.05, 0) is 0 Å². The van der Waals surface area contributed by atoms with Crippen LogP contribution in [0.5, 0.6) is 0 Å². The zero-order chi connectivity index (χ0) is 4.50. The average Bonchev–Trinajstić information content (AvgIpc) is 0.722. The van der Waals surface area contributed by atoms with Crippen LogP contribution in [0.3, 0.4) is 0 Å². The molecule has 0 bridgehead atoms. The molecule has 0 rings (SSSR count). The van der Waals surface area contributed by atoms with Gasteiger partial charge in [0.1, 0.15) is 0 Å². The summed E-state index contributed by atoms with van der Waals surface area (Å²) in [5.41, 5.74) is 0. The summed E-state index contributed by atoms with van der Waals surface area (Å²) in [6, 6.07) is 0. The summed E-state index contributed by atoms with van der Waals surface area (Å²) in [5, 5.41) is 0. The van der Waals surface area contributed by atoms with E-state index in [0.717, 1.165) is 0 Å². The second-order valence-corrected chi connectivity index (χ2v) is 1.41. The first-order valence-corrected chi connectivity index (χ1v) is 2.24. The molecule has 0 radical (unpaired) electrons. The van der Waals surface area contributed by atoms with Crippen LogP contribution in [0.15, 0.2) is 0 Å². The molecule has 0 amide bonds. The molecule has 18 heteroatoms. The van der Waals surface area contributed by atoms with Crippen molar-refractivity contribution in [3.8, 4) is 0 Å². The van der Waals surface area contributed by atoms with E-state index in [0.29, 0.717) is 0 Å². The Hall–Kier alpha value is 0.630. The van der Waals surface area contributed by atoms with Gasteiger partial charge in [-0.15, -0.1) is 0 Å². The van der Waals surface area contributed by atoms with Crippen LogP contribution in [-0.2, 0) is 4.57 Å². The summed E-state index contributed by atoms with van der Waals surface area (Å²) in [4.78, 5) is 24.3. The molecule has 0 saturated carbocycles. The van der Waals surface area contributed by atoms with Crippen molar-refractivity contribution < 1.29 is 115 Å². The van der Waals surface area contributed by atoms with Crippen molar-refractivity contribution in [2.45, 2.75) is 0 Å². The topological polar surface area (TPSA) is 461 Å². The third-order valence-corrected chi connectivity index (χ3v) is 0. The van der Waals surface area contributed by atoms with Gasteiger partial charge < -0.3 is 85.0 Å². The summed E-state index contributed by atoms with van der Waals surface area (Å²) in [5.74, 6) is 0. The minimum atomic E-state index is -5.14. The van der Waals surface area contributed by atoms with Gasteiger partial charge in [-0.3, -0.25) is 0 Å². The SMILES string of the molecule is O.O.O.O.O.O.O.O.O.O.O.O.O=P([O-])([O-])O.[Na+]. The van der Waals surface area contributed by atoms with E-state index in [1.54, 1.807) is 0 Å². The van der Waals surface area contributed by atoms with Crippen LogP contribution in [0.25, 0.3) is 0 Å². The number of phosphoric acid groups is 1. The maximum atomic E-state index is 8.66. The maximum absolute atomic E-state index is 8.66. The molecule has 0 aliphatic carbocycles. The minimum Gasteiger partial charge on any atom is -0.790 e. The summed E-state index contributed by atoms with van der Waals surface area (Å²) < 4.78 is 8.66. The van der Waals surface area contributed by atoms with Crippen LogP contribution in [0.1, 0.15) is 0 Å². The van der Waals surface area contributed by atoms with Crippen LogP contribution in [0.2, 0.25) is 0 Å². The van der Waals surface area contributed by atoms with Crippen LogP contribution in [-0.4, -0.2) is 70.6 Å². The Morgan fingerprint density at radius 1 is 0.556 bits per heavy atom. The molecule has 0 saturated heterocycles. The number of hydrogen-bond donors (Lipinski definition) is 1. The van der Waals surface area contributed by atoms with E-state index in [4.69, 9.17) is 19.2 Å². The molecule has 18 heavy (non-hydrogen) atoms. The largest absolute Gasteiger partial charge is 1.00 e. The van der Waals surface area contributed by atoms with Crippen LogP contribution in [0, 0.1) is 0 Å². The second-order valence-electron chi connectivity index (χ2n) is 0.469. The van der Waals surface area contributed by atoms with Crippen molar-refractivity contribution in [2.75, 3.05) is 0 Å². The Balaban J connectivity index is -0.00000000103. The Kier molecular flexibility index (Phi) is 1660. The first-order chi connectivity index (χ1) is 2.00. The van der Waals surface area contributed by atoms with Gasteiger partial charge in [0.05, 0.1) is 7.82 Å². The van der Waals surface area contributed by atoms with Gasteiger partial charge in [0.25, 0.3) is 0 Å². The molecule has 0 aliphatic heterocycles. The van der Waals surface area contributed by atoms with E-state index >= 15 is 0 Å². The van der Waals surface area contributed by atoms with Gasteiger partial charge in [0, 0.05) is 0 Å². The fraction of sp³-hybridized carbons (Fsp3) is 0. The van der Waals surface area contributed by atoms with Gasteiger partial charge in [-0.1, -0.05) is 0 Å². The first kappa shape index (κ1) is 270. The van der Waals surface area contributed by atoms with Crippen LogP contribution >= 0.6 is 7.82 Å². The van der Waals surface area contributed by atoms with Gasteiger partial charge >= 0.3 is 29.6 Å². The molecule has 0 aliphatic rings. The standard InChI is InChI=1S/Na.H3O4P.12H2O/c;1-5(2,3)4;;;;;;;;;;;;/h;(H3,1,2,3,4);12*1H2/q+1;;;;;;;;;;;;;/p-2. The molecule has 0 aromatic heterocycles. The van der Waals surface area contributed by atoms with E-state index in [1.807, 2.05) is 0 Å². The molecule has 0 aromatic carbocycles. The van der Waals surface area contributed by atoms with Crippen LogP contribution in [0.4, 0.5) is 0 Å². The van der Waals surface area contributed by atoms with E-state index in [-0.39, 0.29) is 95.3 Å². The molecule has 128 valence electrons. The Morgan fingerprint density at radius 3 is 0.556 bits per heavy atom. The predicted octanol–water partition coefficient (Wildman–Crippen LogP) is -15.1. The van der Waals surface area contributed by atoms with Gasteiger partial charge in [0.2, 0.25) is 0 Å². The fourth-order valence-electron chi connectivity index (χ4n) is 0.